The lowest BCUT2D eigenvalue weighted by Crippen LogP contribution is -2.26. The van der Waals surface area contributed by atoms with E-state index in [0.717, 1.165) is 11.9 Å². The van der Waals surface area contributed by atoms with Crippen LogP contribution in [0.25, 0.3) is 0 Å². The van der Waals surface area contributed by atoms with E-state index in [1.165, 1.54) is 12.8 Å². The second-order valence-corrected chi connectivity index (χ2v) is 4.90. The molecule has 2 heteroatoms. The van der Waals surface area contributed by atoms with Gasteiger partial charge in [-0.15, -0.1) is 11.8 Å². The maximum absolute atomic E-state index is 5.66. The summed E-state index contributed by atoms with van der Waals surface area (Å²) in [6.45, 7) is 7.76. The molecule has 0 aromatic heterocycles. The van der Waals surface area contributed by atoms with Gasteiger partial charge in [0.2, 0.25) is 0 Å². The van der Waals surface area contributed by atoms with Gasteiger partial charge in [0.25, 0.3) is 0 Å². The number of hydrogen-bond donors (Lipinski definition) is 0. The van der Waals surface area contributed by atoms with E-state index in [0.29, 0.717) is 11.4 Å². The van der Waals surface area contributed by atoms with Crippen LogP contribution >= 0.6 is 11.8 Å². The number of hydrogen-bond acceptors (Lipinski definition) is 2. The zero-order valence-corrected chi connectivity index (χ0v) is 8.49. The monoisotopic (exact) mass is 174 g/mol. The maximum atomic E-state index is 5.66. The van der Waals surface area contributed by atoms with Crippen molar-refractivity contribution in [2.24, 2.45) is 5.92 Å². The number of ether oxygens (including phenoxy) is 1. The Morgan fingerprint density at radius 2 is 2.36 bits per heavy atom. The third kappa shape index (κ3) is 2.68. The van der Waals surface area contributed by atoms with Crippen molar-refractivity contribution >= 4 is 11.8 Å². The molecular formula is C9H18OS. The fraction of sp³-hybridized carbons (Fsp3) is 1.00. The Labute approximate surface area is 73.9 Å². The molecule has 0 aromatic rings. The summed E-state index contributed by atoms with van der Waals surface area (Å²) in [7, 11) is 0. The Bertz CT molecular complexity index is 116. The molecular weight excluding hydrogens is 156 g/mol. The van der Waals surface area contributed by atoms with Crippen molar-refractivity contribution in [3.05, 3.63) is 0 Å². The van der Waals surface area contributed by atoms with Crippen molar-refractivity contribution in [3.63, 3.8) is 0 Å². The van der Waals surface area contributed by atoms with Gasteiger partial charge in [-0.3, -0.25) is 0 Å². The van der Waals surface area contributed by atoms with Gasteiger partial charge in [0.1, 0.15) is 5.44 Å². The SMILES string of the molecule is CCC(C)C1OCCC(C)S1. The van der Waals surface area contributed by atoms with Gasteiger partial charge in [-0.05, 0) is 12.3 Å². The van der Waals surface area contributed by atoms with E-state index in [9.17, 15) is 0 Å². The van der Waals surface area contributed by atoms with E-state index in [-0.39, 0.29) is 0 Å². The van der Waals surface area contributed by atoms with Crippen molar-refractivity contribution in [2.45, 2.75) is 44.3 Å². The van der Waals surface area contributed by atoms with Crippen LogP contribution in [0.5, 0.6) is 0 Å². The van der Waals surface area contributed by atoms with E-state index >= 15 is 0 Å². The second kappa shape index (κ2) is 4.36. The molecule has 1 saturated heterocycles. The van der Waals surface area contributed by atoms with Crippen molar-refractivity contribution < 1.29 is 4.74 Å². The molecule has 66 valence electrons. The molecule has 0 N–H and O–H groups in total. The minimum Gasteiger partial charge on any atom is -0.367 e. The predicted molar refractivity (Wildman–Crippen MR) is 50.9 cm³/mol. The van der Waals surface area contributed by atoms with Crippen LogP contribution in [0, 0.1) is 5.92 Å². The molecule has 0 spiro atoms. The molecule has 1 aliphatic rings. The van der Waals surface area contributed by atoms with Crippen molar-refractivity contribution in [1.82, 2.24) is 0 Å². The summed E-state index contributed by atoms with van der Waals surface area (Å²) < 4.78 is 5.66. The highest BCUT2D eigenvalue weighted by molar-refractivity contribution is 8.00. The smallest absolute Gasteiger partial charge is 0.105 e. The first kappa shape index (κ1) is 9.40. The van der Waals surface area contributed by atoms with Gasteiger partial charge in [0, 0.05) is 11.9 Å². The summed E-state index contributed by atoms with van der Waals surface area (Å²) in [5, 5.41) is 0.794. The van der Waals surface area contributed by atoms with E-state index in [1.54, 1.807) is 0 Å². The fourth-order valence-corrected chi connectivity index (χ4v) is 2.50. The zero-order valence-electron chi connectivity index (χ0n) is 7.67. The predicted octanol–water partition coefficient (Wildman–Crippen LogP) is 2.90. The first-order valence-corrected chi connectivity index (χ1v) is 5.45. The normalized spacial score (nSPS) is 35.2. The van der Waals surface area contributed by atoms with Gasteiger partial charge < -0.3 is 4.74 Å². The summed E-state index contributed by atoms with van der Waals surface area (Å²) in [5.41, 5.74) is 0.462. The average Bonchev–Trinajstić information content (AvgIpc) is 2.03. The van der Waals surface area contributed by atoms with E-state index in [2.05, 4.69) is 20.8 Å². The Morgan fingerprint density at radius 1 is 1.64 bits per heavy atom. The van der Waals surface area contributed by atoms with E-state index < -0.39 is 0 Å². The molecule has 1 aliphatic heterocycles. The minimum atomic E-state index is 0.462. The zero-order chi connectivity index (χ0) is 8.27. The molecule has 1 rings (SSSR count). The van der Waals surface area contributed by atoms with Crippen LogP contribution in [-0.2, 0) is 4.74 Å². The van der Waals surface area contributed by atoms with Crippen LogP contribution in [0.1, 0.15) is 33.6 Å². The van der Waals surface area contributed by atoms with Crippen molar-refractivity contribution in [1.29, 1.82) is 0 Å². The summed E-state index contributed by atoms with van der Waals surface area (Å²) in [6.07, 6.45) is 2.45. The van der Waals surface area contributed by atoms with Crippen LogP contribution in [0.15, 0.2) is 0 Å². The van der Waals surface area contributed by atoms with Crippen LogP contribution in [0.2, 0.25) is 0 Å². The van der Waals surface area contributed by atoms with E-state index in [1.807, 2.05) is 11.8 Å². The molecule has 3 atom stereocenters. The topological polar surface area (TPSA) is 9.23 Å². The molecule has 0 bridgehead atoms. The lowest BCUT2D eigenvalue weighted by Gasteiger charge is -2.30. The van der Waals surface area contributed by atoms with Crippen LogP contribution < -0.4 is 0 Å². The highest BCUT2D eigenvalue weighted by Gasteiger charge is 2.23. The summed E-state index contributed by atoms with van der Waals surface area (Å²) in [6, 6.07) is 0. The van der Waals surface area contributed by atoms with Crippen molar-refractivity contribution in [3.8, 4) is 0 Å². The number of thioether (sulfide) groups is 1. The molecule has 1 heterocycles. The number of rotatable bonds is 2. The Morgan fingerprint density at radius 3 is 2.91 bits per heavy atom. The molecule has 11 heavy (non-hydrogen) atoms. The summed E-state index contributed by atoms with van der Waals surface area (Å²) in [5.74, 6) is 0.711. The lowest BCUT2D eigenvalue weighted by molar-refractivity contribution is 0.0667. The average molecular weight is 174 g/mol. The van der Waals surface area contributed by atoms with Crippen LogP contribution in [-0.4, -0.2) is 17.3 Å². The molecule has 0 amide bonds. The molecule has 0 aromatic carbocycles. The summed E-state index contributed by atoms with van der Waals surface area (Å²) in [4.78, 5) is 0. The third-order valence-corrected chi connectivity index (χ3v) is 3.85. The molecule has 0 aliphatic carbocycles. The Balaban J connectivity index is 2.33. The third-order valence-electron chi connectivity index (χ3n) is 2.28. The maximum Gasteiger partial charge on any atom is 0.105 e. The quantitative estimate of drug-likeness (QED) is 0.636. The Kier molecular flexibility index (Phi) is 3.73. The standard InChI is InChI=1S/C9H18OS/c1-4-7(2)9-10-6-5-8(3)11-9/h7-9H,4-6H2,1-3H3. The van der Waals surface area contributed by atoms with Gasteiger partial charge >= 0.3 is 0 Å². The van der Waals surface area contributed by atoms with Crippen LogP contribution in [0.4, 0.5) is 0 Å². The fourth-order valence-electron chi connectivity index (χ4n) is 1.18. The lowest BCUT2D eigenvalue weighted by atomic mass is 10.1. The van der Waals surface area contributed by atoms with Gasteiger partial charge in [-0.2, -0.15) is 0 Å². The minimum absolute atomic E-state index is 0.462. The Hall–Kier alpha value is 0.310. The summed E-state index contributed by atoms with van der Waals surface area (Å²) >= 11 is 2.00. The van der Waals surface area contributed by atoms with Gasteiger partial charge in [-0.25, -0.2) is 0 Å². The van der Waals surface area contributed by atoms with Gasteiger partial charge in [-0.1, -0.05) is 27.2 Å². The van der Waals surface area contributed by atoms with E-state index in [4.69, 9.17) is 4.74 Å². The first-order chi connectivity index (χ1) is 5.24. The first-order valence-electron chi connectivity index (χ1n) is 4.51. The molecule has 3 unspecified atom stereocenters. The highest BCUT2D eigenvalue weighted by atomic mass is 32.2. The largest absolute Gasteiger partial charge is 0.367 e. The molecule has 1 fully saturated rings. The highest BCUT2D eigenvalue weighted by Crippen LogP contribution is 2.32. The van der Waals surface area contributed by atoms with Gasteiger partial charge in [0.05, 0.1) is 0 Å². The molecule has 0 radical (unpaired) electrons. The van der Waals surface area contributed by atoms with Crippen molar-refractivity contribution in [2.75, 3.05) is 6.61 Å². The molecule has 0 saturated carbocycles. The second-order valence-electron chi connectivity index (χ2n) is 3.36. The molecule has 1 nitrogen and oxygen atoms in total. The van der Waals surface area contributed by atoms with Gasteiger partial charge in [0.15, 0.2) is 0 Å². The van der Waals surface area contributed by atoms with Crippen LogP contribution in [0.3, 0.4) is 0 Å².